The van der Waals surface area contributed by atoms with Crippen molar-refractivity contribution in [1.82, 2.24) is 10.2 Å². The van der Waals surface area contributed by atoms with Crippen LogP contribution in [-0.4, -0.2) is 37.3 Å². The molecule has 2 aromatic carbocycles. The van der Waals surface area contributed by atoms with Gasteiger partial charge in [-0.15, -0.1) is 0 Å². The van der Waals surface area contributed by atoms with Crippen LogP contribution in [0.4, 0.5) is 21.0 Å². The van der Waals surface area contributed by atoms with Gasteiger partial charge in [0.05, 0.1) is 0 Å². The fourth-order valence-electron chi connectivity index (χ4n) is 1.99. The average Bonchev–Trinajstić information content (AvgIpc) is 2.55. The lowest BCUT2D eigenvalue weighted by atomic mass is 10.3. The summed E-state index contributed by atoms with van der Waals surface area (Å²) in [5, 5.41) is 8.11. The number of carbonyl (C=O) groups excluding carboxylic acids is 2. The highest BCUT2D eigenvalue weighted by atomic mass is 16.5. The first kappa shape index (κ1) is 18.1. The number of nitrogens with one attached hydrogen (secondary N) is 3. The third-order valence-corrected chi connectivity index (χ3v) is 3.17. The van der Waals surface area contributed by atoms with Gasteiger partial charge in [0.2, 0.25) is 0 Å². The van der Waals surface area contributed by atoms with Crippen LogP contribution in [0.2, 0.25) is 0 Å². The molecule has 0 bridgehead atoms. The second kappa shape index (κ2) is 8.58. The molecule has 0 saturated heterocycles. The van der Waals surface area contributed by atoms with Gasteiger partial charge >= 0.3 is 12.1 Å². The zero-order valence-corrected chi connectivity index (χ0v) is 14.4. The van der Waals surface area contributed by atoms with Gasteiger partial charge in [-0.25, -0.2) is 9.59 Å². The van der Waals surface area contributed by atoms with E-state index in [9.17, 15) is 9.59 Å². The van der Waals surface area contributed by atoms with Crippen LogP contribution in [0.3, 0.4) is 0 Å². The molecular weight excluding hydrogens is 320 g/mol. The van der Waals surface area contributed by atoms with Gasteiger partial charge < -0.3 is 25.6 Å². The minimum absolute atomic E-state index is 0.244. The molecule has 1 atom stereocenters. The highest BCUT2D eigenvalue weighted by Gasteiger charge is 2.09. The van der Waals surface area contributed by atoms with E-state index in [1.807, 2.05) is 30.3 Å². The van der Waals surface area contributed by atoms with Crippen LogP contribution in [-0.2, 0) is 0 Å². The monoisotopic (exact) mass is 342 g/mol. The summed E-state index contributed by atoms with van der Waals surface area (Å²) in [5.41, 5.74) is 1.14. The molecule has 0 radical (unpaired) electrons. The SMILES string of the molecule is CC(NC(=O)Nc1cccc(NC(=O)N(C)C)c1)Oc1ccccc1. The second-order valence-electron chi connectivity index (χ2n) is 5.58. The Morgan fingerprint density at radius 1 is 0.960 bits per heavy atom. The molecule has 0 aliphatic heterocycles. The lowest BCUT2D eigenvalue weighted by Crippen LogP contribution is -2.39. The predicted molar refractivity (Wildman–Crippen MR) is 97.8 cm³/mol. The first-order chi connectivity index (χ1) is 11.9. The molecule has 1 unspecified atom stereocenters. The van der Waals surface area contributed by atoms with E-state index < -0.39 is 12.3 Å². The number of benzene rings is 2. The summed E-state index contributed by atoms with van der Waals surface area (Å²) in [6.45, 7) is 1.74. The van der Waals surface area contributed by atoms with Crippen molar-refractivity contribution in [3.8, 4) is 5.75 Å². The Kier molecular flexibility index (Phi) is 6.22. The normalized spacial score (nSPS) is 11.2. The van der Waals surface area contributed by atoms with Gasteiger partial charge in [0.1, 0.15) is 5.75 Å². The maximum atomic E-state index is 12.1. The molecule has 7 heteroatoms. The Morgan fingerprint density at radius 3 is 2.24 bits per heavy atom. The van der Waals surface area contributed by atoms with E-state index in [1.165, 1.54) is 4.90 Å². The second-order valence-corrected chi connectivity index (χ2v) is 5.58. The molecule has 0 heterocycles. The van der Waals surface area contributed by atoms with Crippen molar-refractivity contribution in [3.05, 3.63) is 54.6 Å². The van der Waals surface area contributed by atoms with Crippen molar-refractivity contribution in [2.75, 3.05) is 24.7 Å². The summed E-state index contributed by atoms with van der Waals surface area (Å²) in [4.78, 5) is 25.1. The first-order valence-electron chi connectivity index (χ1n) is 7.81. The van der Waals surface area contributed by atoms with Crippen LogP contribution in [0.1, 0.15) is 6.92 Å². The summed E-state index contributed by atoms with van der Waals surface area (Å²) in [7, 11) is 3.30. The molecule has 7 nitrogen and oxygen atoms in total. The molecule has 0 fully saturated rings. The van der Waals surface area contributed by atoms with Crippen molar-refractivity contribution in [1.29, 1.82) is 0 Å². The third-order valence-electron chi connectivity index (χ3n) is 3.17. The lowest BCUT2D eigenvalue weighted by Gasteiger charge is -2.17. The van der Waals surface area contributed by atoms with Crippen molar-refractivity contribution in [3.63, 3.8) is 0 Å². The summed E-state index contributed by atoms with van der Waals surface area (Å²) in [6, 6.07) is 15.5. The number of urea groups is 2. The van der Waals surface area contributed by atoms with Crippen molar-refractivity contribution in [2.45, 2.75) is 13.2 Å². The average molecular weight is 342 g/mol. The minimum atomic E-state index is -0.501. The van der Waals surface area contributed by atoms with Crippen molar-refractivity contribution in [2.24, 2.45) is 0 Å². The number of carbonyl (C=O) groups is 2. The van der Waals surface area contributed by atoms with E-state index in [1.54, 1.807) is 45.3 Å². The van der Waals surface area contributed by atoms with Crippen LogP contribution in [0, 0.1) is 0 Å². The molecule has 2 rings (SSSR count). The maximum Gasteiger partial charge on any atom is 0.322 e. The molecule has 0 aliphatic carbocycles. The molecule has 3 N–H and O–H groups in total. The number of hydrogen-bond donors (Lipinski definition) is 3. The third kappa shape index (κ3) is 6.06. The predicted octanol–water partition coefficient (Wildman–Crippen LogP) is 3.33. The number of ether oxygens (including phenoxy) is 1. The topological polar surface area (TPSA) is 82.7 Å². The van der Waals surface area contributed by atoms with E-state index in [0.717, 1.165) is 0 Å². The Labute approximate surface area is 147 Å². The molecule has 4 amide bonds. The Balaban J connectivity index is 1.88. The zero-order valence-electron chi connectivity index (χ0n) is 14.4. The highest BCUT2D eigenvalue weighted by Crippen LogP contribution is 2.15. The zero-order chi connectivity index (χ0) is 18.2. The molecule has 0 aromatic heterocycles. The van der Waals surface area contributed by atoms with Gasteiger partial charge in [0.15, 0.2) is 6.23 Å². The maximum absolute atomic E-state index is 12.1. The number of rotatable bonds is 5. The molecule has 0 aliphatic rings. The quantitative estimate of drug-likeness (QED) is 0.729. The van der Waals surface area contributed by atoms with Crippen LogP contribution in [0.25, 0.3) is 0 Å². The van der Waals surface area contributed by atoms with Crippen molar-refractivity contribution < 1.29 is 14.3 Å². The summed E-state index contributed by atoms with van der Waals surface area (Å²) in [5.74, 6) is 0.670. The summed E-state index contributed by atoms with van der Waals surface area (Å²) < 4.78 is 5.59. The van der Waals surface area contributed by atoms with E-state index in [-0.39, 0.29) is 6.03 Å². The van der Waals surface area contributed by atoms with E-state index >= 15 is 0 Å². The van der Waals surface area contributed by atoms with Gasteiger partial charge in [0.25, 0.3) is 0 Å². The first-order valence-corrected chi connectivity index (χ1v) is 7.81. The lowest BCUT2D eigenvalue weighted by molar-refractivity contribution is 0.183. The van der Waals surface area contributed by atoms with E-state index in [4.69, 9.17) is 4.74 Å². The number of hydrogen-bond acceptors (Lipinski definition) is 3. The minimum Gasteiger partial charge on any atom is -0.471 e. The number of nitrogens with zero attached hydrogens (tertiary/aromatic N) is 1. The molecule has 2 aromatic rings. The van der Waals surface area contributed by atoms with Crippen LogP contribution >= 0.6 is 0 Å². The molecule has 0 saturated carbocycles. The molecule has 132 valence electrons. The van der Waals surface area contributed by atoms with Gasteiger partial charge in [-0.3, -0.25) is 0 Å². The van der Waals surface area contributed by atoms with Crippen molar-refractivity contribution >= 4 is 23.4 Å². The Morgan fingerprint density at radius 2 is 1.60 bits per heavy atom. The smallest absolute Gasteiger partial charge is 0.322 e. The molecular formula is C18H22N4O3. The highest BCUT2D eigenvalue weighted by molar-refractivity contribution is 5.92. The van der Waals surface area contributed by atoms with Gasteiger partial charge in [-0.05, 0) is 37.3 Å². The summed E-state index contributed by atoms with van der Waals surface area (Å²) >= 11 is 0. The number of para-hydroxylation sites is 1. The summed E-state index contributed by atoms with van der Waals surface area (Å²) in [6.07, 6.45) is -0.501. The Hall–Kier alpha value is -3.22. The number of amides is 4. The van der Waals surface area contributed by atoms with Gasteiger partial charge in [-0.1, -0.05) is 24.3 Å². The molecule has 25 heavy (non-hydrogen) atoms. The van der Waals surface area contributed by atoms with E-state index in [0.29, 0.717) is 17.1 Å². The van der Waals surface area contributed by atoms with Crippen LogP contribution < -0.4 is 20.7 Å². The van der Waals surface area contributed by atoms with Gasteiger partial charge in [0, 0.05) is 25.5 Å². The fourth-order valence-corrected chi connectivity index (χ4v) is 1.99. The van der Waals surface area contributed by atoms with Crippen LogP contribution in [0.5, 0.6) is 5.75 Å². The molecule has 0 spiro atoms. The van der Waals surface area contributed by atoms with Crippen LogP contribution in [0.15, 0.2) is 54.6 Å². The Bertz CT molecular complexity index is 719. The van der Waals surface area contributed by atoms with E-state index in [2.05, 4.69) is 16.0 Å². The van der Waals surface area contributed by atoms with Gasteiger partial charge in [-0.2, -0.15) is 0 Å². The number of anilines is 2. The largest absolute Gasteiger partial charge is 0.471 e. The standard InChI is InChI=1S/C18H22N4O3/c1-13(25-16-10-5-4-6-11-16)19-17(23)20-14-8-7-9-15(12-14)21-18(24)22(2)3/h4-13H,1-3H3,(H,21,24)(H2,19,20,23). The fraction of sp³-hybridized carbons (Fsp3) is 0.222.